The Morgan fingerprint density at radius 3 is 2.22 bits per heavy atom. The van der Waals surface area contributed by atoms with Crippen LogP contribution in [-0.4, -0.2) is 29.2 Å². The number of aliphatic hydroxyl groups is 1. The topological polar surface area (TPSA) is 52.6 Å². The molecule has 5 heteroatoms. The number of rotatable bonds is 7. The van der Waals surface area contributed by atoms with E-state index in [1.54, 1.807) is 12.1 Å². The third-order valence-electron chi connectivity index (χ3n) is 6.51. The predicted octanol–water partition coefficient (Wildman–Crippen LogP) is 5.64. The standard InChI is InChI=1S/C27H29FN2O2/c1-20(21-8-10-22(11-9-21)23-12-14-25(28)15-13-23)30-18-17-27(16-5-19-31,29-26(30)32)24-6-3-2-4-7-24/h2-4,6-15,20,31H,5,16-19H2,1H3,(H,29,32)/t20-,27+/m0/s1. The molecule has 0 spiro atoms. The Hall–Kier alpha value is -3.18. The van der Waals surface area contributed by atoms with Gasteiger partial charge >= 0.3 is 6.03 Å². The monoisotopic (exact) mass is 432 g/mol. The van der Waals surface area contributed by atoms with Crippen molar-refractivity contribution in [2.24, 2.45) is 0 Å². The van der Waals surface area contributed by atoms with Crippen LogP contribution in [-0.2, 0) is 5.54 Å². The van der Waals surface area contributed by atoms with E-state index in [1.165, 1.54) is 12.1 Å². The minimum atomic E-state index is -0.455. The molecule has 0 bridgehead atoms. The van der Waals surface area contributed by atoms with Gasteiger partial charge in [0.25, 0.3) is 0 Å². The molecule has 2 amide bonds. The van der Waals surface area contributed by atoms with E-state index in [0.29, 0.717) is 19.4 Å². The number of aliphatic hydroxyl groups excluding tert-OH is 1. The SMILES string of the molecule is C[C@@H](c1ccc(-c2ccc(F)cc2)cc1)N1CC[C@](CCCO)(c2ccccc2)NC1=O. The predicted molar refractivity (Wildman–Crippen MR) is 125 cm³/mol. The summed E-state index contributed by atoms with van der Waals surface area (Å²) in [5.41, 5.74) is 3.64. The summed E-state index contributed by atoms with van der Waals surface area (Å²) in [6, 6.07) is 24.4. The van der Waals surface area contributed by atoms with Gasteiger partial charge in [-0.1, -0.05) is 66.7 Å². The van der Waals surface area contributed by atoms with Gasteiger partial charge in [0, 0.05) is 13.2 Å². The highest BCUT2D eigenvalue weighted by atomic mass is 19.1. The van der Waals surface area contributed by atoms with E-state index in [4.69, 9.17) is 0 Å². The van der Waals surface area contributed by atoms with Crippen LogP contribution >= 0.6 is 0 Å². The summed E-state index contributed by atoms with van der Waals surface area (Å²) in [5, 5.41) is 12.7. The number of amides is 2. The summed E-state index contributed by atoms with van der Waals surface area (Å²) in [7, 11) is 0. The molecule has 2 N–H and O–H groups in total. The molecule has 1 saturated heterocycles. The van der Waals surface area contributed by atoms with E-state index in [1.807, 2.05) is 66.4 Å². The maximum absolute atomic E-state index is 13.2. The lowest BCUT2D eigenvalue weighted by Crippen LogP contribution is -2.58. The molecule has 3 aromatic rings. The summed E-state index contributed by atoms with van der Waals surface area (Å²) >= 11 is 0. The first-order valence-electron chi connectivity index (χ1n) is 11.1. The zero-order chi connectivity index (χ0) is 22.6. The molecule has 0 radical (unpaired) electrons. The highest BCUT2D eigenvalue weighted by Gasteiger charge is 2.40. The highest BCUT2D eigenvalue weighted by molar-refractivity contribution is 5.77. The lowest BCUT2D eigenvalue weighted by atomic mass is 9.81. The molecule has 3 aromatic carbocycles. The van der Waals surface area contributed by atoms with E-state index < -0.39 is 5.54 Å². The fourth-order valence-corrected chi connectivity index (χ4v) is 4.58. The summed E-state index contributed by atoms with van der Waals surface area (Å²) in [6.07, 6.45) is 2.12. The number of nitrogens with zero attached hydrogens (tertiary/aromatic N) is 1. The van der Waals surface area contributed by atoms with Gasteiger partial charge in [0.05, 0.1) is 11.6 Å². The van der Waals surface area contributed by atoms with Crippen molar-refractivity contribution in [2.75, 3.05) is 13.2 Å². The molecule has 1 aliphatic rings. The van der Waals surface area contributed by atoms with E-state index in [0.717, 1.165) is 28.7 Å². The number of nitrogens with one attached hydrogen (secondary N) is 1. The number of carbonyl (C=O) groups is 1. The van der Waals surface area contributed by atoms with Gasteiger partial charge in [0.15, 0.2) is 0 Å². The van der Waals surface area contributed by atoms with Crippen molar-refractivity contribution in [3.05, 3.63) is 95.8 Å². The molecule has 0 aliphatic carbocycles. The van der Waals surface area contributed by atoms with Crippen molar-refractivity contribution in [2.45, 2.75) is 37.8 Å². The van der Waals surface area contributed by atoms with Crippen LogP contribution in [0.5, 0.6) is 0 Å². The smallest absolute Gasteiger partial charge is 0.318 e. The molecule has 166 valence electrons. The Morgan fingerprint density at radius 1 is 1.00 bits per heavy atom. The van der Waals surface area contributed by atoms with Crippen LogP contribution in [0.25, 0.3) is 11.1 Å². The van der Waals surface area contributed by atoms with Gasteiger partial charge in [-0.05, 0) is 60.6 Å². The van der Waals surface area contributed by atoms with Gasteiger partial charge in [-0.2, -0.15) is 0 Å². The summed E-state index contributed by atoms with van der Waals surface area (Å²) in [6.45, 7) is 2.77. The van der Waals surface area contributed by atoms with Gasteiger partial charge in [-0.3, -0.25) is 0 Å². The number of hydrogen-bond acceptors (Lipinski definition) is 2. The van der Waals surface area contributed by atoms with Crippen molar-refractivity contribution in [1.29, 1.82) is 0 Å². The van der Waals surface area contributed by atoms with Crippen LogP contribution in [0, 0.1) is 5.82 Å². The van der Waals surface area contributed by atoms with Crippen LogP contribution in [0.15, 0.2) is 78.9 Å². The Bertz CT molecular complexity index is 1040. The lowest BCUT2D eigenvalue weighted by Gasteiger charge is -2.45. The molecule has 0 unspecified atom stereocenters. The second-order valence-electron chi connectivity index (χ2n) is 8.45. The van der Waals surface area contributed by atoms with Crippen LogP contribution in [0.2, 0.25) is 0 Å². The molecule has 0 saturated carbocycles. The molecule has 1 heterocycles. The van der Waals surface area contributed by atoms with Gasteiger partial charge in [-0.25, -0.2) is 9.18 Å². The van der Waals surface area contributed by atoms with E-state index in [-0.39, 0.29) is 24.5 Å². The molecule has 2 atom stereocenters. The van der Waals surface area contributed by atoms with Crippen molar-refractivity contribution in [1.82, 2.24) is 10.2 Å². The average Bonchev–Trinajstić information content (AvgIpc) is 2.83. The quantitative estimate of drug-likeness (QED) is 0.508. The van der Waals surface area contributed by atoms with Crippen molar-refractivity contribution < 1.29 is 14.3 Å². The Balaban J connectivity index is 1.50. The van der Waals surface area contributed by atoms with Crippen molar-refractivity contribution >= 4 is 6.03 Å². The Morgan fingerprint density at radius 2 is 1.62 bits per heavy atom. The van der Waals surface area contributed by atoms with Crippen LogP contribution in [0.1, 0.15) is 43.4 Å². The van der Waals surface area contributed by atoms with Crippen LogP contribution in [0.4, 0.5) is 9.18 Å². The second-order valence-corrected chi connectivity index (χ2v) is 8.45. The molecule has 0 aromatic heterocycles. The Kier molecular flexibility index (Phi) is 6.56. The largest absolute Gasteiger partial charge is 0.396 e. The molecule has 4 rings (SSSR count). The van der Waals surface area contributed by atoms with E-state index in [9.17, 15) is 14.3 Å². The molecule has 1 fully saturated rings. The number of hydrogen-bond donors (Lipinski definition) is 2. The minimum absolute atomic E-state index is 0.0797. The number of benzene rings is 3. The lowest BCUT2D eigenvalue weighted by molar-refractivity contribution is 0.117. The third kappa shape index (κ3) is 4.53. The molecule has 32 heavy (non-hydrogen) atoms. The number of carbonyl (C=O) groups excluding carboxylic acids is 1. The van der Waals surface area contributed by atoms with Gasteiger partial charge in [0.2, 0.25) is 0 Å². The first kappa shape index (κ1) is 22.0. The van der Waals surface area contributed by atoms with E-state index >= 15 is 0 Å². The zero-order valence-electron chi connectivity index (χ0n) is 18.3. The minimum Gasteiger partial charge on any atom is -0.396 e. The van der Waals surface area contributed by atoms with Crippen molar-refractivity contribution in [3.63, 3.8) is 0 Å². The second kappa shape index (κ2) is 9.53. The molecular weight excluding hydrogens is 403 g/mol. The summed E-state index contributed by atoms with van der Waals surface area (Å²) in [4.78, 5) is 15.1. The van der Waals surface area contributed by atoms with Crippen LogP contribution in [0.3, 0.4) is 0 Å². The molecule has 1 aliphatic heterocycles. The fourth-order valence-electron chi connectivity index (χ4n) is 4.58. The Labute approximate surface area is 188 Å². The van der Waals surface area contributed by atoms with Crippen LogP contribution < -0.4 is 5.32 Å². The maximum Gasteiger partial charge on any atom is 0.318 e. The third-order valence-corrected chi connectivity index (χ3v) is 6.51. The number of halogens is 1. The van der Waals surface area contributed by atoms with Gasteiger partial charge in [-0.15, -0.1) is 0 Å². The number of urea groups is 1. The zero-order valence-corrected chi connectivity index (χ0v) is 18.3. The summed E-state index contributed by atoms with van der Waals surface area (Å²) < 4.78 is 13.2. The average molecular weight is 433 g/mol. The normalized spacial score (nSPS) is 19.5. The van der Waals surface area contributed by atoms with Gasteiger partial charge < -0.3 is 15.3 Å². The first-order chi connectivity index (χ1) is 15.5. The maximum atomic E-state index is 13.2. The highest BCUT2D eigenvalue weighted by Crippen LogP contribution is 2.36. The summed E-state index contributed by atoms with van der Waals surface area (Å²) in [5.74, 6) is -0.249. The van der Waals surface area contributed by atoms with E-state index in [2.05, 4.69) is 5.32 Å². The first-order valence-corrected chi connectivity index (χ1v) is 11.1. The fraction of sp³-hybridized carbons (Fsp3) is 0.296. The molecular formula is C27H29FN2O2. The van der Waals surface area contributed by atoms with Crippen molar-refractivity contribution in [3.8, 4) is 11.1 Å². The van der Waals surface area contributed by atoms with Gasteiger partial charge in [0.1, 0.15) is 5.82 Å². The molecule has 4 nitrogen and oxygen atoms in total.